The maximum atomic E-state index is 13.0. The highest BCUT2D eigenvalue weighted by molar-refractivity contribution is 6.34. The van der Waals surface area contributed by atoms with Gasteiger partial charge >= 0.3 is 6.18 Å². The molecule has 3 aromatic rings. The van der Waals surface area contributed by atoms with Crippen LogP contribution in [0, 0.1) is 0 Å². The maximum Gasteiger partial charge on any atom is 0.416 e. The van der Waals surface area contributed by atoms with E-state index in [4.69, 9.17) is 25.8 Å². The summed E-state index contributed by atoms with van der Waals surface area (Å²) in [6, 6.07) is 14.4. The third kappa shape index (κ3) is 6.32. The van der Waals surface area contributed by atoms with Crippen LogP contribution in [-0.2, 0) is 12.8 Å². The quantitative estimate of drug-likeness (QED) is 0.395. The first-order chi connectivity index (χ1) is 15.7. The third-order valence-corrected chi connectivity index (χ3v) is 4.93. The molecule has 0 aliphatic rings. The van der Waals surface area contributed by atoms with E-state index in [0.29, 0.717) is 29.4 Å². The van der Waals surface area contributed by atoms with Crippen LogP contribution in [0.4, 0.5) is 18.9 Å². The number of ether oxygens (including phenoxy) is 3. The van der Waals surface area contributed by atoms with Gasteiger partial charge in [0.2, 0.25) is 0 Å². The molecular formula is C24H21ClF3NO4. The van der Waals surface area contributed by atoms with Gasteiger partial charge in [-0.15, -0.1) is 0 Å². The van der Waals surface area contributed by atoms with Gasteiger partial charge in [-0.2, -0.15) is 13.2 Å². The number of hydrogen-bond donors (Lipinski definition) is 1. The first-order valence-corrected chi connectivity index (χ1v) is 10.3. The van der Waals surface area contributed by atoms with E-state index >= 15 is 0 Å². The number of amides is 1. The van der Waals surface area contributed by atoms with E-state index in [1.807, 2.05) is 6.92 Å². The molecule has 0 unspecified atom stereocenters. The average molecular weight is 480 g/mol. The molecule has 0 aliphatic heterocycles. The number of hydrogen-bond acceptors (Lipinski definition) is 4. The number of anilines is 1. The summed E-state index contributed by atoms with van der Waals surface area (Å²) in [5.41, 5.74) is -0.264. The molecule has 0 heterocycles. The van der Waals surface area contributed by atoms with Crippen molar-refractivity contribution in [2.45, 2.75) is 19.7 Å². The van der Waals surface area contributed by atoms with Gasteiger partial charge in [-0.25, -0.2) is 0 Å². The van der Waals surface area contributed by atoms with Crippen molar-refractivity contribution < 1.29 is 32.2 Å². The predicted octanol–water partition coefficient (Wildman–Crippen LogP) is 6.60. The number of carbonyl (C=O) groups is 1. The Morgan fingerprint density at radius 1 is 1.00 bits per heavy atom. The Labute approximate surface area is 194 Å². The van der Waals surface area contributed by atoms with Crippen molar-refractivity contribution in [1.29, 1.82) is 0 Å². The smallest absolute Gasteiger partial charge is 0.416 e. The van der Waals surface area contributed by atoms with Crippen molar-refractivity contribution in [1.82, 2.24) is 0 Å². The van der Waals surface area contributed by atoms with Crippen LogP contribution in [0.15, 0.2) is 60.7 Å². The Balaban J connectivity index is 1.82. The number of halogens is 4. The Hall–Kier alpha value is -3.39. The Bertz CT molecular complexity index is 1130. The van der Waals surface area contributed by atoms with Gasteiger partial charge in [0, 0.05) is 17.2 Å². The predicted molar refractivity (Wildman–Crippen MR) is 119 cm³/mol. The summed E-state index contributed by atoms with van der Waals surface area (Å²) in [4.78, 5) is 12.8. The van der Waals surface area contributed by atoms with Crippen LogP contribution in [0.25, 0.3) is 0 Å². The second-order valence-electron chi connectivity index (χ2n) is 6.87. The SMILES string of the molecule is CCOc1ccc(C(=O)Nc2cc(C(F)(F)F)ccc2Cl)cc1COc1cccc(OC)c1. The van der Waals surface area contributed by atoms with Gasteiger partial charge in [-0.3, -0.25) is 4.79 Å². The minimum Gasteiger partial charge on any atom is -0.497 e. The molecule has 174 valence electrons. The summed E-state index contributed by atoms with van der Waals surface area (Å²) in [5, 5.41) is 2.43. The van der Waals surface area contributed by atoms with E-state index in [1.165, 1.54) is 6.07 Å². The van der Waals surface area contributed by atoms with Crippen molar-refractivity contribution in [2.75, 3.05) is 19.0 Å². The van der Waals surface area contributed by atoms with E-state index in [1.54, 1.807) is 43.5 Å². The van der Waals surface area contributed by atoms with Crippen LogP contribution in [0.3, 0.4) is 0 Å². The second kappa shape index (κ2) is 10.5. The molecule has 33 heavy (non-hydrogen) atoms. The molecule has 0 aliphatic carbocycles. The van der Waals surface area contributed by atoms with Gasteiger partial charge in [-0.05, 0) is 55.5 Å². The van der Waals surface area contributed by atoms with Crippen molar-refractivity contribution in [2.24, 2.45) is 0 Å². The maximum absolute atomic E-state index is 13.0. The van der Waals surface area contributed by atoms with Crippen molar-refractivity contribution in [3.63, 3.8) is 0 Å². The number of carbonyl (C=O) groups excluding carboxylic acids is 1. The highest BCUT2D eigenvalue weighted by atomic mass is 35.5. The molecule has 1 amide bonds. The molecule has 0 saturated heterocycles. The fourth-order valence-corrected chi connectivity index (χ4v) is 3.14. The molecule has 0 fully saturated rings. The van der Waals surface area contributed by atoms with Crippen molar-refractivity contribution in [3.05, 3.63) is 82.4 Å². The monoisotopic (exact) mass is 479 g/mol. The van der Waals surface area contributed by atoms with Gasteiger partial charge in [0.05, 0.1) is 30.0 Å². The van der Waals surface area contributed by atoms with Crippen LogP contribution < -0.4 is 19.5 Å². The zero-order chi connectivity index (χ0) is 24.0. The fraction of sp³-hybridized carbons (Fsp3) is 0.208. The van der Waals surface area contributed by atoms with Crippen LogP contribution in [-0.4, -0.2) is 19.6 Å². The zero-order valence-electron chi connectivity index (χ0n) is 17.8. The third-order valence-electron chi connectivity index (χ3n) is 4.60. The Morgan fingerprint density at radius 2 is 1.76 bits per heavy atom. The molecule has 5 nitrogen and oxygen atoms in total. The summed E-state index contributed by atoms with van der Waals surface area (Å²) >= 11 is 5.99. The van der Waals surface area contributed by atoms with Gasteiger partial charge in [0.1, 0.15) is 23.9 Å². The first-order valence-electron chi connectivity index (χ1n) is 9.92. The van der Waals surface area contributed by atoms with E-state index in [9.17, 15) is 18.0 Å². The number of methoxy groups -OCH3 is 1. The molecule has 0 saturated carbocycles. The summed E-state index contributed by atoms with van der Waals surface area (Å²) in [6.07, 6.45) is -4.56. The Morgan fingerprint density at radius 3 is 2.45 bits per heavy atom. The standard InChI is InChI=1S/C24H21ClF3NO4/c1-3-32-22-10-7-15(11-16(22)14-33-19-6-4-5-18(13-19)31-2)23(30)29-21-12-17(24(26,27)28)8-9-20(21)25/h4-13H,3,14H2,1-2H3,(H,29,30). The molecule has 1 N–H and O–H groups in total. The van der Waals surface area contributed by atoms with E-state index in [0.717, 1.165) is 18.2 Å². The van der Waals surface area contributed by atoms with Gasteiger partial charge in [-0.1, -0.05) is 17.7 Å². The van der Waals surface area contributed by atoms with Crippen molar-refractivity contribution in [3.8, 4) is 17.2 Å². The molecule has 9 heteroatoms. The lowest BCUT2D eigenvalue weighted by molar-refractivity contribution is -0.137. The van der Waals surface area contributed by atoms with E-state index in [2.05, 4.69) is 5.32 Å². The van der Waals surface area contributed by atoms with Gasteiger partial charge < -0.3 is 19.5 Å². The van der Waals surface area contributed by atoms with Gasteiger partial charge in [0.15, 0.2) is 0 Å². The number of alkyl halides is 3. The van der Waals surface area contributed by atoms with E-state index < -0.39 is 17.6 Å². The number of nitrogens with one attached hydrogen (secondary N) is 1. The molecule has 0 radical (unpaired) electrons. The molecule has 3 rings (SSSR count). The highest BCUT2D eigenvalue weighted by Gasteiger charge is 2.31. The molecule has 3 aromatic carbocycles. The van der Waals surface area contributed by atoms with Crippen LogP contribution in [0.5, 0.6) is 17.2 Å². The van der Waals surface area contributed by atoms with Crippen molar-refractivity contribution >= 4 is 23.2 Å². The normalized spacial score (nSPS) is 11.1. The summed E-state index contributed by atoms with van der Waals surface area (Å²) in [7, 11) is 1.55. The summed E-state index contributed by atoms with van der Waals surface area (Å²) < 4.78 is 55.6. The van der Waals surface area contributed by atoms with Crippen LogP contribution >= 0.6 is 11.6 Å². The number of rotatable bonds is 8. The summed E-state index contributed by atoms with van der Waals surface area (Å²) in [6.45, 7) is 2.31. The first kappa shape index (κ1) is 24.3. The lowest BCUT2D eigenvalue weighted by Crippen LogP contribution is -2.14. The topological polar surface area (TPSA) is 56.8 Å². The molecule has 0 spiro atoms. The minimum absolute atomic E-state index is 0.0103. The largest absolute Gasteiger partial charge is 0.497 e. The molecular weight excluding hydrogens is 459 g/mol. The zero-order valence-corrected chi connectivity index (χ0v) is 18.6. The van der Waals surface area contributed by atoms with Gasteiger partial charge in [0.25, 0.3) is 5.91 Å². The van der Waals surface area contributed by atoms with E-state index in [-0.39, 0.29) is 22.9 Å². The fourth-order valence-electron chi connectivity index (χ4n) is 2.97. The second-order valence-corrected chi connectivity index (χ2v) is 7.28. The molecule has 0 atom stereocenters. The number of benzene rings is 3. The highest BCUT2D eigenvalue weighted by Crippen LogP contribution is 2.34. The lowest BCUT2D eigenvalue weighted by atomic mass is 10.1. The van der Waals surface area contributed by atoms with Crippen LogP contribution in [0.1, 0.15) is 28.4 Å². The molecule has 0 aromatic heterocycles. The van der Waals surface area contributed by atoms with Crippen LogP contribution in [0.2, 0.25) is 5.02 Å². The summed E-state index contributed by atoms with van der Waals surface area (Å²) in [5.74, 6) is 1.09. The molecule has 0 bridgehead atoms. The average Bonchev–Trinajstić information content (AvgIpc) is 2.79. The Kier molecular flexibility index (Phi) is 7.71. The lowest BCUT2D eigenvalue weighted by Gasteiger charge is -2.15. The minimum atomic E-state index is -4.56.